The summed E-state index contributed by atoms with van der Waals surface area (Å²) in [5.41, 5.74) is 3.06. The van der Waals surface area contributed by atoms with E-state index in [1.807, 2.05) is 60.7 Å². The Morgan fingerprint density at radius 3 is 2.04 bits per heavy atom. The summed E-state index contributed by atoms with van der Waals surface area (Å²) in [5.74, 6) is 0.822. The minimum atomic E-state index is 0.509. The number of hydrogen-bond donors (Lipinski definition) is 1. The summed E-state index contributed by atoms with van der Waals surface area (Å²) in [6.07, 6.45) is 0. The maximum Gasteiger partial charge on any atom is 0.119 e. The summed E-state index contributed by atoms with van der Waals surface area (Å²) >= 11 is 17.9. The van der Waals surface area contributed by atoms with Crippen LogP contribution in [0.2, 0.25) is 15.1 Å². The minimum Gasteiger partial charge on any atom is -0.489 e. The van der Waals surface area contributed by atoms with Gasteiger partial charge in [-0.2, -0.15) is 0 Å². The van der Waals surface area contributed by atoms with Gasteiger partial charge in [0, 0.05) is 16.6 Å². The number of hydrogen-bond acceptors (Lipinski definition) is 2. The van der Waals surface area contributed by atoms with Crippen molar-refractivity contribution < 1.29 is 4.74 Å². The molecule has 0 bridgehead atoms. The van der Waals surface area contributed by atoms with Crippen LogP contribution in [0.3, 0.4) is 0 Å². The van der Waals surface area contributed by atoms with E-state index in [0.29, 0.717) is 23.2 Å². The first-order chi connectivity index (χ1) is 12.1. The van der Waals surface area contributed by atoms with Crippen LogP contribution in [-0.2, 0) is 13.2 Å². The Morgan fingerprint density at radius 1 is 0.720 bits per heavy atom. The number of ether oxygens (including phenoxy) is 1. The maximum atomic E-state index is 6.15. The number of halogens is 3. The summed E-state index contributed by atoms with van der Waals surface area (Å²) in [4.78, 5) is 0. The zero-order valence-corrected chi connectivity index (χ0v) is 15.6. The second kappa shape index (κ2) is 8.48. The summed E-state index contributed by atoms with van der Waals surface area (Å²) in [6.45, 7) is 1.17. The molecule has 2 nitrogen and oxygen atoms in total. The fraction of sp³-hybridized carbons (Fsp3) is 0.100. The SMILES string of the molecule is Clc1ccc(COc2ccc(CNc3ccc(Cl)cc3Cl)cc2)cc1. The molecule has 0 unspecified atom stereocenters. The van der Waals surface area contributed by atoms with Crippen molar-refractivity contribution in [2.24, 2.45) is 0 Å². The fourth-order valence-electron chi connectivity index (χ4n) is 2.28. The number of nitrogens with one attached hydrogen (secondary N) is 1. The molecule has 0 saturated carbocycles. The first kappa shape index (κ1) is 17.9. The molecule has 0 aliphatic carbocycles. The van der Waals surface area contributed by atoms with E-state index in [1.54, 1.807) is 6.07 Å². The topological polar surface area (TPSA) is 21.3 Å². The van der Waals surface area contributed by atoms with Gasteiger partial charge in [0.05, 0.1) is 10.7 Å². The molecule has 3 aromatic carbocycles. The molecule has 0 saturated heterocycles. The largest absolute Gasteiger partial charge is 0.489 e. The molecular formula is C20H16Cl3NO. The Bertz CT molecular complexity index is 833. The summed E-state index contributed by atoms with van der Waals surface area (Å²) < 4.78 is 5.78. The third-order valence-electron chi connectivity index (χ3n) is 3.66. The molecule has 0 aliphatic rings. The molecule has 0 aliphatic heterocycles. The zero-order chi connectivity index (χ0) is 17.6. The molecule has 1 N–H and O–H groups in total. The van der Waals surface area contributed by atoms with Crippen molar-refractivity contribution in [1.29, 1.82) is 0 Å². The molecule has 128 valence electrons. The zero-order valence-electron chi connectivity index (χ0n) is 13.3. The van der Waals surface area contributed by atoms with Crippen LogP contribution in [0, 0.1) is 0 Å². The van der Waals surface area contributed by atoms with Gasteiger partial charge in [-0.3, -0.25) is 0 Å². The van der Waals surface area contributed by atoms with Crippen LogP contribution >= 0.6 is 34.8 Å². The van der Waals surface area contributed by atoms with Crippen LogP contribution in [-0.4, -0.2) is 0 Å². The summed E-state index contributed by atoms with van der Waals surface area (Å²) in [5, 5.41) is 5.25. The van der Waals surface area contributed by atoms with Crippen molar-refractivity contribution in [2.75, 3.05) is 5.32 Å². The average Bonchev–Trinajstić information content (AvgIpc) is 2.61. The van der Waals surface area contributed by atoms with Crippen LogP contribution in [0.15, 0.2) is 66.7 Å². The van der Waals surface area contributed by atoms with E-state index in [4.69, 9.17) is 39.5 Å². The van der Waals surface area contributed by atoms with Gasteiger partial charge in [0.25, 0.3) is 0 Å². The Hall–Kier alpha value is -1.87. The van der Waals surface area contributed by atoms with Crippen LogP contribution < -0.4 is 10.1 Å². The molecule has 3 rings (SSSR count). The van der Waals surface area contributed by atoms with Gasteiger partial charge in [-0.05, 0) is 53.6 Å². The van der Waals surface area contributed by atoms with E-state index in [-0.39, 0.29) is 0 Å². The predicted octanol–water partition coefficient (Wildman–Crippen LogP) is 6.84. The molecule has 0 aromatic heterocycles. The van der Waals surface area contributed by atoms with Gasteiger partial charge in [-0.1, -0.05) is 59.1 Å². The van der Waals surface area contributed by atoms with E-state index in [9.17, 15) is 0 Å². The first-order valence-corrected chi connectivity index (χ1v) is 8.89. The van der Waals surface area contributed by atoms with Crippen molar-refractivity contribution >= 4 is 40.5 Å². The second-order valence-corrected chi connectivity index (χ2v) is 6.82. The van der Waals surface area contributed by atoms with Gasteiger partial charge in [-0.25, -0.2) is 0 Å². The lowest BCUT2D eigenvalue weighted by Crippen LogP contribution is -2.00. The van der Waals surface area contributed by atoms with Crippen LogP contribution in [0.4, 0.5) is 5.69 Å². The van der Waals surface area contributed by atoms with E-state index in [1.165, 1.54) is 0 Å². The lowest BCUT2D eigenvalue weighted by atomic mass is 10.2. The van der Waals surface area contributed by atoms with Gasteiger partial charge >= 0.3 is 0 Å². The molecule has 0 spiro atoms. The fourth-order valence-corrected chi connectivity index (χ4v) is 2.88. The predicted molar refractivity (Wildman–Crippen MR) is 106 cm³/mol. The molecule has 0 fully saturated rings. The van der Waals surface area contributed by atoms with Crippen LogP contribution in [0.5, 0.6) is 5.75 Å². The minimum absolute atomic E-state index is 0.509. The Morgan fingerprint density at radius 2 is 1.36 bits per heavy atom. The molecule has 0 atom stereocenters. The van der Waals surface area contributed by atoms with Crippen molar-refractivity contribution in [1.82, 2.24) is 0 Å². The van der Waals surface area contributed by atoms with Crippen molar-refractivity contribution in [3.8, 4) is 5.75 Å². The molecule has 0 amide bonds. The van der Waals surface area contributed by atoms with Gasteiger partial charge < -0.3 is 10.1 Å². The normalized spacial score (nSPS) is 10.5. The average molecular weight is 393 g/mol. The third kappa shape index (κ3) is 5.30. The first-order valence-electron chi connectivity index (χ1n) is 7.75. The number of rotatable bonds is 6. The molecule has 0 radical (unpaired) electrons. The quantitative estimate of drug-likeness (QED) is 0.496. The monoisotopic (exact) mass is 391 g/mol. The Balaban J connectivity index is 1.54. The standard InChI is InChI=1S/C20H16Cl3NO/c21-16-5-1-15(2-6-16)13-25-18-8-3-14(4-9-18)12-24-20-10-7-17(22)11-19(20)23/h1-11,24H,12-13H2. The van der Waals surface area contributed by atoms with Crippen molar-refractivity contribution in [3.05, 3.63) is 92.9 Å². The molecule has 3 aromatic rings. The highest BCUT2D eigenvalue weighted by molar-refractivity contribution is 6.36. The van der Waals surface area contributed by atoms with E-state index in [2.05, 4.69) is 5.32 Å². The van der Waals surface area contributed by atoms with Gasteiger partial charge in [-0.15, -0.1) is 0 Å². The third-order valence-corrected chi connectivity index (χ3v) is 4.46. The van der Waals surface area contributed by atoms with Crippen molar-refractivity contribution in [2.45, 2.75) is 13.2 Å². The van der Waals surface area contributed by atoms with Crippen molar-refractivity contribution in [3.63, 3.8) is 0 Å². The molecule has 0 heterocycles. The second-order valence-electron chi connectivity index (χ2n) is 5.54. The summed E-state index contributed by atoms with van der Waals surface area (Å²) in [7, 11) is 0. The van der Waals surface area contributed by atoms with E-state index >= 15 is 0 Å². The Labute approximate surface area is 162 Å². The van der Waals surface area contributed by atoms with E-state index < -0.39 is 0 Å². The van der Waals surface area contributed by atoms with Crippen LogP contribution in [0.1, 0.15) is 11.1 Å². The summed E-state index contributed by atoms with van der Waals surface area (Å²) in [6, 6.07) is 21.0. The van der Waals surface area contributed by atoms with Gasteiger partial charge in [0.15, 0.2) is 0 Å². The molecule has 25 heavy (non-hydrogen) atoms. The highest BCUT2D eigenvalue weighted by atomic mass is 35.5. The lowest BCUT2D eigenvalue weighted by molar-refractivity contribution is 0.306. The van der Waals surface area contributed by atoms with E-state index in [0.717, 1.165) is 27.6 Å². The number of anilines is 1. The lowest BCUT2D eigenvalue weighted by Gasteiger charge is -2.10. The van der Waals surface area contributed by atoms with Crippen LogP contribution in [0.25, 0.3) is 0 Å². The highest BCUT2D eigenvalue weighted by Crippen LogP contribution is 2.26. The number of benzene rings is 3. The molecular weight excluding hydrogens is 377 g/mol. The Kier molecular flexibility index (Phi) is 6.09. The van der Waals surface area contributed by atoms with Gasteiger partial charge in [0.1, 0.15) is 12.4 Å². The smallest absolute Gasteiger partial charge is 0.119 e. The van der Waals surface area contributed by atoms with Gasteiger partial charge in [0.2, 0.25) is 0 Å². The molecule has 5 heteroatoms. The maximum absolute atomic E-state index is 6.15. The highest BCUT2D eigenvalue weighted by Gasteiger charge is 2.02.